The topological polar surface area (TPSA) is 3.24 Å². The quantitative estimate of drug-likeness (QED) is 0.655. The van der Waals surface area contributed by atoms with Gasteiger partial charge < -0.3 is 4.90 Å². The van der Waals surface area contributed by atoms with Crippen molar-refractivity contribution in [2.24, 2.45) is 5.92 Å². The van der Waals surface area contributed by atoms with Gasteiger partial charge in [0.15, 0.2) is 0 Å². The molecule has 2 aliphatic rings. The number of likely N-dealkylation sites (tertiary alicyclic amines) is 1. The highest BCUT2D eigenvalue weighted by Gasteiger charge is 2.22. The molecule has 0 aromatic heterocycles. The Bertz CT molecular complexity index is 328. The molecule has 0 aromatic rings. The van der Waals surface area contributed by atoms with Crippen LogP contribution < -0.4 is 0 Å². The molecule has 1 aliphatic carbocycles. The molecule has 1 nitrogen and oxygen atoms in total. The Morgan fingerprint density at radius 3 is 3.06 bits per heavy atom. The first kappa shape index (κ1) is 11.6. The van der Waals surface area contributed by atoms with E-state index in [0.29, 0.717) is 12.3 Å². The van der Waals surface area contributed by atoms with Gasteiger partial charge >= 0.3 is 0 Å². The van der Waals surface area contributed by atoms with Gasteiger partial charge in [0.1, 0.15) is 5.83 Å². The van der Waals surface area contributed by atoms with E-state index in [-0.39, 0.29) is 5.83 Å². The number of halogens is 1. The molecule has 0 saturated carbocycles. The summed E-state index contributed by atoms with van der Waals surface area (Å²) in [5.74, 6) is 0.558. The second-order valence-electron chi connectivity index (χ2n) is 4.83. The van der Waals surface area contributed by atoms with Crippen molar-refractivity contribution in [2.45, 2.75) is 25.7 Å². The van der Waals surface area contributed by atoms with Crippen molar-refractivity contribution < 1.29 is 4.39 Å². The lowest BCUT2D eigenvalue weighted by Gasteiger charge is -2.11. The SMILES string of the molecule is CN1CCC(C2=C/C=C\CCC/C(F)=C\2)C1. The van der Waals surface area contributed by atoms with Crippen LogP contribution in [0.3, 0.4) is 0 Å². The zero-order valence-corrected chi connectivity index (χ0v) is 9.95. The van der Waals surface area contributed by atoms with Gasteiger partial charge in [-0.3, -0.25) is 0 Å². The molecule has 1 unspecified atom stereocenters. The van der Waals surface area contributed by atoms with E-state index >= 15 is 0 Å². The Morgan fingerprint density at radius 2 is 2.31 bits per heavy atom. The molecule has 0 bridgehead atoms. The van der Waals surface area contributed by atoms with Gasteiger partial charge in [0, 0.05) is 6.54 Å². The van der Waals surface area contributed by atoms with E-state index in [1.807, 2.05) is 0 Å². The summed E-state index contributed by atoms with van der Waals surface area (Å²) in [5, 5.41) is 0. The number of rotatable bonds is 1. The molecule has 0 N–H and O–H groups in total. The first-order valence-corrected chi connectivity index (χ1v) is 6.17. The minimum absolute atomic E-state index is 0.0458. The maximum atomic E-state index is 13.6. The molecule has 1 heterocycles. The van der Waals surface area contributed by atoms with Crippen LogP contribution in [0, 0.1) is 5.92 Å². The number of hydrogen-bond donors (Lipinski definition) is 0. The van der Waals surface area contributed by atoms with E-state index in [4.69, 9.17) is 0 Å². The Morgan fingerprint density at radius 1 is 1.44 bits per heavy atom. The van der Waals surface area contributed by atoms with Gasteiger partial charge in [-0.2, -0.15) is 0 Å². The van der Waals surface area contributed by atoms with E-state index in [2.05, 4.69) is 30.2 Å². The van der Waals surface area contributed by atoms with Crippen LogP contribution >= 0.6 is 0 Å². The second kappa shape index (κ2) is 5.44. The smallest absolute Gasteiger partial charge is 0.100 e. The standard InChI is InChI=1S/C14H20FN/c1-16-9-8-13(11-16)12-6-4-2-3-5-7-14(15)10-12/h2,4,6,10,13H,3,5,7-9,11H2,1H3/b4-2-,12-6+,14-10+. The Kier molecular flexibility index (Phi) is 3.94. The van der Waals surface area contributed by atoms with Gasteiger partial charge in [0.05, 0.1) is 0 Å². The summed E-state index contributed by atoms with van der Waals surface area (Å²) in [6.07, 6.45) is 11.7. The van der Waals surface area contributed by atoms with Crippen LogP contribution in [-0.2, 0) is 0 Å². The molecule has 0 aromatic carbocycles. The van der Waals surface area contributed by atoms with Crippen molar-refractivity contribution in [3.63, 3.8) is 0 Å². The van der Waals surface area contributed by atoms with Gasteiger partial charge in [-0.15, -0.1) is 0 Å². The lowest BCUT2D eigenvalue weighted by atomic mass is 9.97. The summed E-state index contributed by atoms with van der Waals surface area (Å²) < 4.78 is 13.6. The third-order valence-corrected chi connectivity index (χ3v) is 3.40. The van der Waals surface area contributed by atoms with Crippen LogP contribution in [0.1, 0.15) is 25.7 Å². The molecule has 1 atom stereocenters. The first-order valence-electron chi connectivity index (χ1n) is 6.17. The zero-order valence-electron chi connectivity index (χ0n) is 9.95. The van der Waals surface area contributed by atoms with Crippen LogP contribution in [0.25, 0.3) is 0 Å². The third-order valence-electron chi connectivity index (χ3n) is 3.40. The minimum atomic E-state index is 0.0458. The third kappa shape index (κ3) is 3.05. The van der Waals surface area contributed by atoms with Gasteiger partial charge in [-0.1, -0.05) is 18.2 Å². The van der Waals surface area contributed by atoms with Crippen molar-refractivity contribution in [3.8, 4) is 0 Å². The lowest BCUT2D eigenvalue weighted by Crippen LogP contribution is -2.14. The fourth-order valence-corrected chi connectivity index (χ4v) is 2.43. The summed E-state index contributed by atoms with van der Waals surface area (Å²) in [5.41, 5.74) is 1.17. The average Bonchev–Trinajstić information content (AvgIpc) is 2.70. The number of hydrogen-bond acceptors (Lipinski definition) is 1. The molecule has 0 radical (unpaired) electrons. The van der Waals surface area contributed by atoms with E-state index in [1.165, 1.54) is 5.57 Å². The van der Waals surface area contributed by atoms with E-state index < -0.39 is 0 Å². The highest BCUT2D eigenvalue weighted by Crippen LogP contribution is 2.26. The molecule has 0 spiro atoms. The van der Waals surface area contributed by atoms with Gasteiger partial charge in [-0.05, 0) is 56.8 Å². The summed E-state index contributed by atoms with van der Waals surface area (Å²) in [6.45, 7) is 2.19. The molecule has 88 valence electrons. The average molecular weight is 221 g/mol. The molecule has 1 aliphatic heterocycles. The van der Waals surface area contributed by atoms with Crippen molar-refractivity contribution in [2.75, 3.05) is 20.1 Å². The maximum absolute atomic E-state index is 13.6. The van der Waals surface area contributed by atoms with Crippen LogP contribution in [0.2, 0.25) is 0 Å². The molecule has 2 heteroatoms. The number of nitrogens with zero attached hydrogens (tertiary/aromatic N) is 1. The Hall–Kier alpha value is -0.890. The largest absolute Gasteiger partial charge is 0.306 e. The van der Waals surface area contributed by atoms with Crippen LogP contribution in [0.4, 0.5) is 4.39 Å². The molecule has 0 amide bonds. The molecule has 16 heavy (non-hydrogen) atoms. The van der Waals surface area contributed by atoms with Crippen molar-refractivity contribution in [3.05, 3.63) is 35.7 Å². The highest BCUT2D eigenvalue weighted by molar-refractivity contribution is 5.29. The van der Waals surface area contributed by atoms with Crippen molar-refractivity contribution in [1.82, 2.24) is 4.90 Å². The number of allylic oxidation sites excluding steroid dienone is 5. The molecular formula is C14H20FN. The van der Waals surface area contributed by atoms with Crippen molar-refractivity contribution in [1.29, 1.82) is 0 Å². The van der Waals surface area contributed by atoms with E-state index in [0.717, 1.165) is 32.4 Å². The van der Waals surface area contributed by atoms with E-state index in [1.54, 1.807) is 6.08 Å². The zero-order chi connectivity index (χ0) is 11.4. The molecule has 1 fully saturated rings. The fraction of sp³-hybridized carbons (Fsp3) is 0.571. The van der Waals surface area contributed by atoms with Gasteiger partial charge in [-0.25, -0.2) is 4.39 Å². The summed E-state index contributed by atoms with van der Waals surface area (Å²) in [6, 6.07) is 0. The molecule has 1 saturated heterocycles. The van der Waals surface area contributed by atoms with Gasteiger partial charge in [0.2, 0.25) is 0 Å². The predicted octanol–water partition coefficient (Wildman–Crippen LogP) is 3.46. The predicted molar refractivity (Wildman–Crippen MR) is 65.9 cm³/mol. The van der Waals surface area contributed by atoms with Crippen LogP contribution in [0.5, 0.6) is 0 Å². The summed E-state index contributed by atoms with van der Waals surface area (Å²) >= 11 is 0. The molecular weight excluding hydrogens is 201 g/mol. The lowest BCUT2D eigenvalue weighted by molar-refractivity contribution is 0.406. The van der Waals surface area contributed by atoms with Crippen molar-refractivity contribution >= 4 is 0 Å². The normalized spacial score (nSPS) is 36.5. The van der Waals surface area contributed by atoms with Crippen LogP contribution in [0.15, 0.2) is 35.7 Å². The van der Waals surface area contributed by atoms with Crippen LogP contribution in [-0.4, -0.2) is 25.0 Å². The fourth-order valence-electron chi connectivity index (χ4n) is 2.43. The summed E-state index contributed by atoms with van der Waals surface area (Å²) in [4.78, 5) is 2.31. The first-order chi connectivity index (χ1) is 7.75. The minimum Gasteiger partial charge on any atom is -0.306 e. The van der Waals surface area contributed by atoms with Gasteiger partial charge in [0.25, 0.3) is 0 Å². The second-order valence-corrected chi connectivity index (χ2v) is 4.83. The Balaban J connectivity index is 2.14. The molecule has 2 rings (SSSR count). The monoisotopic (exact) mass is 221 g/mol. The Labute approximate surface area is 97.3 Å². The van der Waals surface area contributed by atoms with E-state index in [9.17, 15) is 4.39 Å². The highest BCUT2D eigenvalue weighted by atomic mass is 19.1. The summed E-state index contributed by atoms with van der Waals surface area (Å²) in [7, 11) is 2.13. The maximum Gasteiger partial charge on any atom is 0.100 e.